The molecular formula is C36H36O4. The van der Waals surface area contributed by atoms with Crippen LogP contribution in [0.5, 0.6) is 0 Å². The Bertz CT molecular complexity index is 1540. The Hall–Kier alpha value is -4.18. The van der Waals surface area contributed by atoms with Crippen LogP contribution in [-0.2, 0) is 9.47 Å². The molecule has 0 spiro atoms. The summed E-state index contributed by atoms with van der Waals surface area (Å²) in [5, 5.41) is 0. The number of esters is 2. The summed E-state index contributed by atoms with van der Waals surface area (Å²) in [6, 6.07) is 27.8. The summed E-state index contributed by atoms with van der Waals surface area (Å²) >= 11 is 0. The van der Waals surface area contributed by atoms with E-state index in [0.29, 0.717) is 11.1 Å². The molecule has 4 atom stereocenters. The van der Waals surface area contributed by atoms with E-state index in [1.54, 1.807) is 0 Å². The topological polar surface area (TPSA) is 52.6 Å². The van der Waals surface area contributed by atoms with Crippen LogP contribution in [0.15, 0.2) is 84.9 Å². The van der Waals surface area contributed by atoms with Gasteiger partial charge in [0.05, 0.1) is 17.0 Å². The second kappa shape index (κ2) is 11.1. The number of hydrogen-bond donors (Lipinski definition) is 0. The highest BCUT2D eigenvalue weighted by molar-refractivity contribution is 5.91. The summed E-state index contributed by atoms with van der Waals surface area (Å²) < 4.78 is 12.7. The van der Waals surface area contributed by atoms with Gasteiger partial charge in [0.2, 0.25) is 0 Å². The van der Waals surface area contributed by atoms with Crippen LogP contribution >= 0.6 is 0 Å². The van der Waals surface area contributed by atoms with E-state index >= 15 is 0 Å². The van der Waals surface area contributed by atoms with Gasteiger partial charge in [0.15, 0.2) is 6.10 Å². The van der Waals surface area contributed by atoms with Crippen molar-refractivity contribution in [1.29, 1.82) is 0 Å². The van der Waals surface area contributed by atoms with E-state index < -0.39 is 24.1 Å². The van der Waals surface area contributed by atoms with Crippen LogP contribution < -0.4 is 0 Å². The van der Waals surface area contributed by atoms with Gasteiger partial charge in [0.25, 0.3) is 0 Å². The molecule has 0 saturated heterocycles. The van der Waals surface area contributed by atoms with E-state index in [9.17, 15) is 9.59 Å². The first-order valence-corrected chi connectivity index (χ1v) is 13.9. The number of aryl methyl sites for hydroxylation is 5. The predicted molar refractivity (Wildman–Crippen MR) is 158 cm³/mol. The van der Waals surface area contributed by atoms with Crippen LogP contribution in [0.25, 0.3) is 0 Å². The molecule has 204 valence electrons. The number of benzene rings is 4. The molecule has 1 aliphatic carbocycles. The van der Waals surface area contributed by atoms with Crippen molar-refractivity contribution in [1.82, 2.24) is 0 Å². The van der Waals surface area contributed by atoms with E-state index in [2.05, 4.69) is 31.2 Å². The lowest BCUT2D eigenvalue weighted by molar-refractivity contribution is -0.0532. The second-order valence-corrected chi connectivity index (χ2v) is 11.2. The molecule has 0 bridgehead atoms. The molecule has 5 rings (SSSR count). The van der Waals surface area contributed by atoms with E-state index in [0.717, 1.165) is 44.5 Å². The minimum Gasteiger partial charge on any atom is -0.454 e. The Morgan fingerprint density at radius 2 is 0.975 bits per heavy atom. The molecule has 4 unspecified atom stereocenters. The van der Waals surface area contributed by atoms with Crippen LogP contribution in [0, 0.1) is 34.6 Å². The van der Waals surface area contributed by atoms with Gasteiger partial charge in [-0.25, -0.2) is 9.59 Å². The molecular weight excluding hydrogens is 496 g/mol. The third-order valence-electron chi connectivity index (χ3n) is 7.89. The highest BCUT2D eigenvalue weighted by atomic mass is 16.6. The summed E-state index contributed by atoms with van der Waals surface area (Å²) in [7, 11) is 0. The zero-order valence-corrected chi connectivity index (χ0v) is 24.0. The van der Waals surface area contributed by atoms with Gasteiger partial charge in [-0.2, -0.15) is 0 Å². The molecule has 0 aliphatic heterocycles. The van der Waals surface area contributed by atoms with E-state index in [1.807, 2.05) is 95.3 Å². The first-order chi connectivity index (χ1) is 19.1. The average Bonchev–Trinajstić information content (AvgIpc) is 2.90. The Morgan fingerprint density at radius 3 is 1.48 bits per heavy atom. The normalized spacial score (nSPS) is 19.9. The maximum atomic E-state index is 13.7. The fourth-order valence-electron chi connectivity index (χ4n) is 6.19. The molecule has 0 amide bonds. The van der Waals surface area contributed by atoms with Crippen LogP contribution in [0.4, 0.5) is 0 Å². The zero-order chi connectivity index (χ0) is 28.6. The van der Waals surface area contributed by atoms with Gasteiger partial charge in [0, 0.05) is 5.92 Å². The lowest BCUT2D eigenvalue weighted by atomic mass is 9.70. The molecule has 4 aromatic rings. The molecule has 4 aromatic carbocycles. The summed E-state index contributed by atoms with van der Waals surface area (Å²) in [4.78, 5) is 27.3. The summed E-state index contributed by atoms with van der Waals surface area (Å²) in [5.74, 6) is -1.34. The van der Waals surface area contributed by atoms with Crippen LogP contribution in [0.3, 0.4) is 0 Å². The smallest absolute Gasteiger partial charge is 0.338 e. The molecule has 0 saturated carbocycles. The Morgan fingerprint density at radius 1 is 0.550 bits per heavy atom. The molecule has 0 aromatic heterocycles. The number of fused-ring (bicyclic) bond motifs is 1. The highest BCUT2D eigenvalue weighted by Gasteiger charge is 2.47. The predicted octanol–water partition coefficient (Wildman–Crippen LogP) is 7.93. The minimum absolute atomic E-state index is 0.191. The van der Waals surface area contributed by atoms with Crippen LogP contribution in [-0.4, -0.2) is 24.1 Å². The van der Waals surface area contributed by atoms with Gasteiger partial charge < -0.3 is 9.47 Å². The number of rotatable bonds is 5. The molecule has 4 heteroatoms. The number of carbonyl (C=O) groups excluding carboxylic acids is 2. The Balaban J connectivity index is 1.63. The summed E-state index contributed by atoms with van der Waals surface area (Å²) in [6.07, 6.45) is -1.42. The monoisotopic (exact) mass is 532 g/mol. The van der Waals surface area contributed by atoms with Gasteiger partial charge in [-0.3, -0.25) is 0 Å². The lowest BCUT2D eigenvalue weighted by Crippen LogP contribution is -2.46. The van der Waals surface area contributed by atoms with Crippen molar-refractivity contribution in [2.75, 3.05) is 0 Å². The van der Waals surface area contributed by atoms with Crippen molar-refractivity contribution in [2.24, 2.45) is 0 Å². The molecule has 0 heterocycles. The van der Waals surface area contributed by atoms with Crippen molar-refractivity contribution in [3.63, 3.8) is 0 Å². The molecule has 40 heavy (non-hydrogen) atoms. The number of carbonyl (C=O) groups is 2. The standard InChI is InChI=1S/C36H36O4/c1-21-15-22(2)18-27(17-21)35(37)39-33-26(6)30-13-9-10-14-31(30)32(29-12-8-7-11-25(29)5)34(33)40-36(38)28-19-23(3)16-24(4)20-28/h7-20,26,32-34H,1-6H3. The summed E-state index contributed by atoms with van der Waals surface area (Å²) in [5.41, 5.74) is 9.26. The molecule has 0 N–H and O–H groups in total. The van der Waals surface area contributed by atoms with Gasteiger partial charge in [-0.15, -0.1) is 0 Å². The van der Waals surface area contributed by atoms with Crippen molar-refractivity contribution >= 4 is 11.9 Å². The second-order valence-electron chi connectivity index (χ2n) is 11.2. The van der Waals surface area contributed by atoms with Crippen molar-refractivity contribution in [3.05, 3.63) is 141 Å². The van der Waals surface area contributed by atoms with Crippen molar-refractivity contribution in [2.45, 2.75) is 65.6 Å². The van der Waals surface area contributed by atoms with Crippen LogP contribution in [0.2, 0.25) is 0 Å². The lowest BCUT2D eigenvalue weighted by Gasteiger charge is -2.42. The first-order valence-electron chi connectivity index (χ1n) is 13.9. The third-order valence-corrected chi connectivity index (χ3v) is 7.89. The third kappa shape index (κ3) is 5.44. The van der Waals surface area contributed by atoms with Gasteiger partial charge >= 0.3 is 11.9 Å². The maximum Gasteiger partial charge on any atom is 0.338 e. The van der Waals surface area contributed by atoms with E-state index in [-0.39, 0.29) is 11.8 Å². The van der Waals surface area contributed by atoms with Crippen LogP contribution in [0.1, 0.15) is 84.0 Å². The maximum absolute atomic E-state index is 13.7. The van der Waals surface area contributed by atoms with Gasteiger partial charge in [0.1, 0.15) is 6.10 Å². The quantitative estimate of drug-likeness (QED) is 0.245. The van der Waals surface area contributed by atoms with Gasteiger partial charge in [-0.1, -0.05) is 89.8 Å². The molecule has 0 radical (unpaired) electrons. The first kappa shape index (κ1) is 27.4. The number of ether oxygens (including phenoxy) is 2. The Labute approximate surface area is 237 Å². The number of hydrogen-bond acceptors (Lipinski definition) is 4. The van der Waals surface area contributed by atoms with Gasteiger partial charge in [-0.05, 0) is 81.1 Å². The largest absolute Gasteiger partial charge is 0.454 e. The van der Waals surface area contributed by atoms with Crippen molar-refractivity contribution < 1.29 is 19.1 Å². The zero-order valence-electron chi connectivity index (χ0n) is 24.0. The average molecular weight is 533 g/mol. The fraction of sp³-hybridized carbons (Fsp3) is 0.278. The minimum atomic E-state index is -0.728. The SMILES string of the molecule is Cc1cc(C)cc(C(=O)OC2C(C)c3ccccc3C(c3ccccc3C)C2OC(=O)c2cc(C)cc(C)c2)c1. The van der Waals surface area contributed by atoms with E-state index in [4.69, 9.17) is 9.47 Å². The molecule has 4 nitrogen and oxygen atoms in total. The van der Waals surface area contributed by atoms with E-state index in [1.165, 1.54) is 0 Å². The molecule has 1 aliphatic rings. The Kier molecular flexibility index (Phi) is 7.62. The highest BCUT2D eigenvalue weighted by Crippen LogP contribution is 2.46. The van der Waals surface area contributed by atoms with Crippen molar-refractivity contribution in [3.8, 4) is 0 Å². The fourth-order valence-corrected chi connectivity index (χ4v) is 6.19. The summed E-state index contributed by atoms with van der Waals surface area (Å²) in [6.45, 7) is 12.0. The molecule has 0 fully saturated rings.